The number of ether oxygens (including phenoxy) is 1. The Morgan fingerprint density at radius 3 is 2.47 bits per heavy atom. The van der Waals surface area contributed by atoms with Crippen LogP contribution in [0.4, 0.5) is 11.4 Å². The molecule has 0 spiro atoms. The van der Waals surface area contributed by atoms with Crippen molar-refractivity contribution in [1.82, 2.24) is 0 Å². The first kappa shape index (κ1) is 22.5. The van der Waals surface area contributed by atoms with Crippen LogP contribution >= 0.6 is 23.2 Å². The van der Waals surface area contributed by atoms with E-state index in [1.807, 2.05) is 6.07 Å². The zero-order valence-electron chi connectivity index (χ0n) is 16.1. The molecule has 7 nitrogen and oxygen atoms in total. The monoisotopic (exact) mass is 472 g/mol. The van der Waals surface area contributed by atoms with Crippen molar-refractivity contribution in [3.63, 3.8) is 0 Å². The summed E-state index contributed by atoms with van der Waals surface area (Å²) in [6.07, 6.45) is 2.53. The molecule has 0 amide bonds. The molecule has 30 heavy (non-hydrogen) atoms. The number of nitrogens with one attached hydrogen (secondary N) is 1. The molecule has 1 saturated heterocycles. The third-order valence-corrected chi connectivity index (χ3v) is 6.63. The Kier molecular flexibility index (Phi) is 7.33. The molecule has 162 valence electrons. The van der Waals surface area contributed by atoms with E-state index in [1.165, 1.54) is 18.2 Å². The zero-order chi connectivity index (χ0) is 21.7. The lowest BCUT2D eigenvalue weighted by Crippen LogP contribution is -2.18. The van der Waals surface area contributed by atoms with E-state index in [1.54, 1.807) is 12.1 Å². The van der Waals surface area contributed by atoms with E-state index < -0.39 is 16.0 Å². The Bertz CT molecular complexity index is 1020. The van der Waals surface area contributed by atoms with Crippen LogP contribution in [-0.2, 0) is 14.8 Å². The van der Waals surface area contributed by atoms with Gasteiger partial charge in [-0.3, -0.25) is 9.52 Å². The summed E-state index contributed by atoms with van der Waals surface area (Å²) in [5, 5.41) is 9.24. The van der Waals surface area contributed by atoms with Gasteiger partial charge in [-0.1, -0.05) is 23.2 Å². The van der Waals surface area contributed by atoms with Gasteiger partial charge in [0.2, 0.25) is 0 Å². The number of aliphatic carboxylic acids is 1. The Morgan fingerprint density at radius 2 is 1.83 bits per heavy atom. The van der Waals surface area contributed by atoms with Crippen LogP contribution in [0.5, 0.6) is 5.75 Å². The SMILES string of the molecule is O=C(O)CCCOc1ccc(S(=O)(=O)Nc2ccc(N3CCCC3)c(Cl)c2)cc1Cl. The highest BCUT2D eigenvalue weighted by Gasteiger charge is 2.19. The number of hydrogen-bond donors (Lipinski definition) is 2. The maximum atomic E-state index is 12.7. The molecule has 0 saturated carbocycles. The molecule has 1 fully saturated rings. The first-order chi connectivity index (χ1) is 14.3. The molecule has 0 unspecified atom stereocenters. The lowest BCUT2D eigenvalue weighted by Gasteiger charge is -2.20. The molecular formula is C20H22Cl2N2O5S. The minimum Gasteiger partial charge on any atom is -0.492 e. The Morgan fingerprint density at radius 1 is 1.10 bits per heavy atom. The summed E-state index contributed by atoms with van der Waals surface area (Å²) in [7, 11) is -3.88. The van der Waals surface area contributed by atoms with Crippen molar-refractivity contribution in [3.8, 4) is 5.75 Å². The van der Waals surface area contributed by atoms with E-state index in [-0.39, 0.29) is 22.9 Å². The third kappa shape index (κ3) is 5.71. The second-order valence-electron chi connectivity index (χ2n) is 6.90. The Hall–Kier alpha value is -2.16. The van der Waals surface area contributed by atoms with Gasteiger partial charge in [-0.05, 0) is 55.7 Å². The fourth-order valence-electron chi connectivity index (χ4n) is 3.17. The summed E-state index contributed by atoms with van der Waals surface area (Å²) >= 11 is 12.5. The Labute approximate surface area is 185 Å². The van der Waals surface area contributed by atoms with Gasteiger partial charge >= 0.3 is 5.97 Å². The normalized spacial score (nSPS) is 14.0. The topological polar surface area (TPSA) is 95.9 Å². The fraction of sp³-hybridized carbons (Fsp3) is 0.350. The van der Waals surface area contributed by atoms with Crippen LogP contribution in [0.15, 0.2) is 41.3 Å². The van der Waals surface area contributed by atoms with Crippen molar-refractivity contribution in [3.05, 3.63) is 46.4 Å². The van der Waals surface area contributed by atoms with Gasteiger partial charge in [-0.25, -0.2) is 8.42 Å². The van der Waals surface area contributed by atoms with Gasteiger partial charge in [-0.2, -0.15) is 0 Å². The number of rotatable bonds is 9. The van der Waals surface area contributed by atoms with Crippen molar-refractivity contribution < 1.29 is 23.1 Å². The molecular weight excluding hydrogens is 451 g/mol. The summed E-state index contributed by atoms with van der Waals surface area (Å²) < 4.78 is 33.4. The van der Waals surface area contributed by atoms with Crippen LogP contribution in [0.3, 0.4) is 0 Å². The van der Waals surface area contributed by atoms with Gasteiger partial charge in [0.25, 0.3) is 10.0 Å². The predicted molar refractivity (Wildman–Crippen MR) is 118 cm³/mol. The number of carboxylic acids is 1. The van der Waals surface area contributed by atoms with Crippen molar-refractivity contribution in [2.75, 3.05) is 29.3 Å². The molecule has 3 rings (SSSR count). The molecule has 10 heteroatoms. The number of benzene rings is 2. The molecule has 0 atom stereocenters. The average molecular weight is 473 g/mol. The van der Waals surface area contributed by atoms with E-state index >= 15 is 0 Å². The number of halogens is 2. The quantitative estimate of drug-likeness (QED) is 0.516. The predicted octanol–water partition coefficient (Wildman–Crippen LogP) is 4.64. The minimum atomic E-state index is -3.88. The van der Waals surface area contributed by atoms with Crippen LogP contribution in [-0.4, -0.2) is 39.2 Å². The second-order valence-corrected chi connectivity index (χ2v) is 9.40. The molecule has 2 aromatic rings. The van der Waals surface area contributed by atoms with Crippen LogP contribution in [0.2, 0.25) is 10.0 Å². The van der Waals surface area contributed by atoms with Gasteiger partial charge in [0.05, 0.1) is 32.9 Å². The summed E-state index contributed by atoms with van der Waals surface area (Å²) in [5.41, 5.74) is 1.25. The first-order valence-electron chi connectivity index (χ1n) is 9.48. The van der Waals surface area contributed by atoms with Crippen LogP contribution in [0, 0.1) is 0 Å². The van der Waals surface area contributed by atoms with E-state index in [4.69, 9.17) is 33.0 Å². The maximum Gasteiger partial charge on any atom is 0.303 e. The fourth-order valence-corrected chi connectivity index (χ4v) is 4.85. The van der Waals surface area contributed by atoms with Crippen molar-refractivity contribution in [2.24, 2.45) is 0 Å². The van der Waals surface area contributed by atoms with Crippen molar-refractivity contribution >= 4 is 50.6 Å². The highest BCUT2D eigenvalue weighted by molar-refractivity contribution is 7.92. The molecule has 0 aliphatic carbocycles. The van der Waals surface area contributed by atoms with Crippen LogP contribution in [0.25, 0.3) is 0 Å². The van der Waals surface area contributed by atoms with E-state index in [2.05, 4.69) is 9.62 Å². The molecule has 2 N–H and O–H groups in total. The van der Waals surface area contributed by atoms with Gasteiger partial charge < -0.3 is 14.7 Å². The van der Waals surface area contributed by atoms with E-state index in [0.717, 1.165) is 31.6 Å². The highest BCUT2D eigenvalue weighted by Crippen LogP contribution is 2.33. The number of nitrogens with zero attached hydrogens (tertiary/aromatic N) is 1. The van der Waals surface area contributed by atoms with Gasteiger partial charge in [0, 0.05) is 19.5 Å². The lowest BCUT2D eigenvalue weighted by atomic mass is 10.2. The van der Waals surface area contributed by atoms with Gasteiger partial charge in [0.15, 0.2) is 0 Å². The standard InChI is InChI=1S/C20H22Cl2N2O5S/c21-16-12-14(5-7-18(16)24-9-1-2-10-24)23-30(27,28)15-6-8-19(17(22)13-15)29-11-3-4-20(25)26/h5-8,12-13,23H,1-4,9-11H2,(H,25,26). The van der Waals surface area contributed by atoms with E-state index in [9.17, 15) is 13.2 Å². The number of sulfonamides is 1. The van der Waals surface area contributed by atoms with E-state index in [0.29, 0.717) is 22.9 Å². The molecule has 1 aliphatic rings. The smallest absolute Gasteiger partial charge is 0.303 e. The largest absolute Gasteiger partial charge is 0.492 e. The Balaban J connectivity index is 1.68. The number of carbonyl (C=O) groups is 1. The molecule has 2 aromatic carbocycles. The summed E-state index contributed by atoms with van der Waals surface area (Å²) in [6, 6.07) is 9.19. The first-order valence-corrected chi connectivity index (χ1v) is 11.7. The maximum absolute atomic E-state index is 12.7. The number of hydrogen-bond acceptors (Lipinski definition) is 5. The molecule has 0 radical (unpaired) electrons. The van der Waals surface area contributed by atoms with Crippen molar-refractivity contribution in [2.45, 2.75) is 30.6 Å². The zero-order valence-corrected chi connectivity index (χ0v) is 18.4. The molecule has 1 heterocycles. The van der Waals surface area contributed by atoms with Gasteiger partial charge in [0.1, 0.15) is 5.75 Å². The van der Waals surface area contributed by atoms with Crippen LogP contribution in [0.1, 0.15) is 25.7 Å². The third-order valence-electron chi connectivity index (χ3n) is 4.65. The summed E-state index contributed by atoms with van der Waals surface area (Å²) in [5.74, 6) is -0.621. The molecule has 0 bridgehead atoms. The van der Waals surface area contributed by atoms with Crippen LogP contribution < -0.4 is 14.4 Å². The number of anilines is 2. The molecule has 0 aromatic heterocycles. The summed E-state index contributed by atoms with van der Waals surface area (Å²) in [6.45, 7) is 2.04. The van der Waals surface area contributed by atoms with Gasteiger partial charge in [-0.15, -0.1) is 0 Å². The number of carboxylic acid groups (broad SMARTS) is 1. The minimum absolute atomic E-state index is 0.0207. The van der Waals surface area contributed by atoms with Crippen molar-refractivity contribution in [1.29, 1.82) is 0 Å². The summed E-state index contributed by atoms with van der Waals surface area (Å²) in [4.78, 5) is 12.7. The lowest BCUT2D eigenvalue weighted by molar-refractivity contribution is -0.137. The molecule has 1 aliphatic heterocycles. The highest BCUT2D eigenvalue weighted by atomic mass is 35.5. The second kappa shape index (κ2) is 9.76. The average Bonchev–Trinajstić information content (AvgIpc) is 3.20.